The van der Waals surface area contributed by atoms with Crippen LogP contribution >= 0.6 is 0 Å². The minimum atomic E-state index is -0.699. The molecule has 1 fully saturated rings. The monoisotopic (exact) mass is 388 g/mol. The van der Waals surface area contributed by atoms with Gasteiger partial charge in [0.15, 0.2) is 0 Å². The molecule has 8 heteroatoms. The lowest BCUT2D eigenvalue weighted by molar-refractivity contribution is -0.127. The molecule has 2 aliphatic heterocycles. The molecule has 152 valence electrons. The highest BCUT2D eigenvalue weighted by Gasteiger charge is 2.35. The number of amides is 3. The minimum absolute atomic E-state index is 0.00213. The van der Waals surface area contributed by atoms with Crippen molar-refractivity contribution in [3.05, 3.63) is 29.8 Å². The highest BCUT2D eigenvalue weighted by atomic mass is 16.6. The zero-order chi connectivity index (χ0) is 20.1. The van der Waals surface area contributed by atoms with Gasteiger partial charge in [-0.25, -0.2) is 10.2 Å². The Hall–Kier alpha value is -2.61. The molecule has 0 saturated carbocycles. The molecule has 0 radical (unpaired) electrons. The number of para-hydroxylation sites is 1. The number of carbonyl (C=O) groups excluding carboxylic acids is 3. The molecule has 0 aliphatic carbocycles. The average molecular weight is 388 g/mol. The van der Waals surface area contributed by atoms with E-state index in [2.05, 4.69) is 23.8 Å². The molecule has 2 heterocycles. The summed E-state index contributed by atoms with van der Waals surface area (Å²) in [5, 5.41) is 0. The number of aryl methyl sites for hydroxylation is 1. The van der Waals surface area contributed by atoms with Gasteiger partial charge in [0.25, 0.3) is 5.91 Å². The van der Waals surface area contributed by atoms with Crippen LogP contribution in [0, 0.1) is 0 Å². The molecule has 2 aliphatic rings. The molecule has 2 atom stereocenters. The summed E-state index contributed by atoms with van der Waals surface area (Å²) in [5.74, 6) is -0.330. The van der Waals surface area contributed by atoms with Crippen molar-refractivity contribution in [2.24, 2.45) is 0 Å². The van der Waals surface area contributed by atoms with Crippen molar-refractivity contribution < 1.29 is 19.1 Å². The number of fused-ring (bicyclic) bond motifs is 1. The number of hydrazine groups is 1. The van der Waals surface area contributed by atoms with E-state index < -0.39 is 12.1 Å². The smallest absolute Gasteiger partial charge is 0.426 e. The summed E-state index contributed by atoms with van der Waals surface area (Å²) in [6, 6.07) is 7.68. The third-order valence-electron chi connectivity index (χ3n) is 5.36. The van der Waals surface area contributed by atoms with Crippen molar-refractivity contribution >= 4 is 23.6 Å². The molecule has 8 nitrogen and oxygen atoms in total. The molecule has 28 heavy (non-hydrogen) atoms. The van der Waals surface area contributed by atoms with E-state index in [0.29, 0.717) is 13.0 Å². The first-order valence-corrected chi connectivity index (χ1v) is 9.88. The summed E-state index contributed by atoms with van der Waals surface area (Å²) >= 11 is 0. The fraction of sp³-hybridized carbons (Fsp3) is 0.550. The Morgan fingerprint density at radius 3 is 2.75 bits per heavy atom. The lowest BCUT2D eigenvalue weighted by Gasteiger charge is -2.36. The van der Waals surface area contributed by atoms with Crippen LogP contribution in [0.25, 0.3) is 0 Å². The number of nitrogens with zero attached hydrogens (tertiary/aromatic N) is 2. The van der Waals surface area contributed by atoms with Crippen LogP contribution in [-0.4, -0.2) is 54.6 Å². The molecule has 0 aromatic heterocycles. The van der Waals surface area contributed by atoms with Gasteiger partial charge < -0.3 is 9.64 Å². The average Bonchev–Trinajstić information content (AvgIpc) is 3.14. The van der Waals surface area contributed by atoms with E-state index >= 15 is 0 Å². The minimum Gasteiger partial charge on any atom is -0.449 e. The standard InChI is InChI=1S/C20H28N4O4/c1-3-28-20(27)22-21-19(26)17-9-6-12-23(17)13-18(25)24-14(2)10-11-15-7-4-5-8-16(15)24/h4-5,7-8,14,17H,3,6,9-13H2,1-2H3,(H,21,26)(H,22,27)/t14-,17-/m0/s1. The van der Waals surface area contributed by atoms with Crippen molar-refractivity contribution in [2.75, 3.05) is 24.6 Å². The molecule has 2 N–H and O–H groups in total. The van der Waals surface area contributed by atoms with Crippen LogP contribution in [0.1, 0.15) is 38.7 Å². The van der Waals surface area contributed by atoms with Gasteiger partial charge in [-0.15, -0.1) is 0 Å². The Labute approximate surface area is 165 Å². The second kappa shape index (κ2) is 9.05. The predicted octanol–water partition coefficient (Wildman–Crippen LogP) is 1.60. The molecular weight excluding hydrogens is 360 g/mol. The van der Waals surface area contributed by atoms with Crippen molar-refractivity contribution in [2.45, 2.75) is 51.6 Å². The second-order valence-corrected chi connectivity index (χ2v) is 7.24. The fourth-order valence-corrected chi connectivity index (χ4v) is 3.99. The summed E-state index contributed by atoms with van der Waals surface area (Å²) in [6.45, 7) is 4.82. The molecule has 0 spiro atoms. The maximum absolute atomic E-state index is 13.1. The number of carbonyl (C=O) groups is 3. The molecular formula is C20H28N4O4. The number of rotatable bonds is 4. The van der Waals surface area contributed by atoms with Gasteiger partial charge in [0, 0.05) is 11.7 Å². The van der Waals surface area contributed by atoms with E-state index in [9.17, 15) is 14.4 Å². The quantitative estimate of drug-likeness (QED) is 0.765. The van der Waals surface area contributed by atoms with Gasteiger partial charge >= 0.3 is 6.09 Å². The highest BCUT2D eigenvalue weighted by Crippen LogP contribution is 2.31. The Bertz CT molecular complexity index is 739. The molecule has 0 unspecified atom stereocenters. The molecule has 1 saturated heterocycles. The summed E-state index contributed by atoms with van der Waals surface area (Å²) < 4.78 is 4.73. The topological polar surface area (TPSA) is 91.0 Å². The Kier molecular flexibility index (Phi) is 6.51. The molecule has 1 aromatic rings. The SMILES string of the molecule is CCOC(=O)NNC(=O)[C@@H]1CCCN1CC(=O)N1c2ccccc2CC[C@@H]1C. The highest BCUT2D eigenvalue weighted by molar-refractivity contribution is 5.97. The van der Waals surface area contributed by atoms with E-state index in [0.717, 1.165) is 24.9 Å². The van der Waals surface area contributed by atoms with Gasteiger partial charge in [-0.1, -0.05) is 18.2 Å². The first kappa shape index (κ1) is 20.1. The van der Waals surface area contributed by atoms with Crippen LogP contribution in [0.3, 0.4) is 0 Å². The van der Waals surface area contributed by atoms with Crippen molar-refractivity contribution in [1.82, 2.24) is 15.8 Å². The van der Waals surface area contributed by atoms with Gasteiger partial charge in [0.2, 0.25) is 5.91 Å². The third kappa shape index (κ3) is 4.44. The summed E-state index contributed by atoms with van der Waals surface area (Å²) in [5.41, 5.74) is 6.77. The number of ether oxygens (including phenoxy) is 1. The van der Waals surface area contributed by atoms with Gasteiger partial charge in [-0.2, -0.15) is 0 Å². The first-order chi connectivity index (χ1) is 13.5. The molecule has 3 rings (SSSR count). The summed E-state index contributed by atoms with van der Waals surface area (Å²) in [7, 11) is 0. The number of anilines is 1. The van der Waals surface area contributed by atoms with Gasteiger partial charge in [0.1, 0.15) is 0 Å². The maximum Gasteiger partial charge on any atom is 0.426 e. The van der Waals surface area contributed by atoms with Crippen LogP contribution in [0.5, 0.6) is 0 Å². The number of hydrogen-bond donors (Lipinski definition) is 2. The van der Waals surface area contributed by atoms with E-state index in [1.54, 1.807) is 6.92 Å². The normalized spacial score (nSPS) is 21.7. The van der Waals surface area contributed by atoms with Crippen molar-refractivity contribution in [3.63, 3.8) is 0 Å². The maximum atomic E-state index is 13.1. The fourth-order valence-electron chi connectivity index (χ4n) is 3.99. The molecule has 0 bridgehead atoms. The van der Waals surface area contributed by atoms with Gasteiger partial charge in [-0.3, -0.25) is 19.9 Å². The van der Waals surface area contributed by atoms with E-state index in [1.807, 2.05) is 28.0 Å². The van der Waals surface area contributed by atoms with Crippen LogP contribution < -0.4 is 15.8 Å². The number of likely N-dealkylation sites (tertiary alicyclic amines) is 1. The predicted molar refractivity (Wildman–Crippen MR) is 105 cm³/mol. The lowest BCUT2D eigenvalue weighted by atomic mass is 9.96. The van der Waals surface area contributed by atoms with Crippen LogP contribution in [0.4, 0.5) is 10.5 Å². The Morgan fingerprint density at radius 2 is 1.96 bits per heavy atom. The van der Waals surface area contributed by atoms with Gasteiger partial charge in [-0.05, 0) is 57.7 Å². The van der Waals surface area contributed by atoms with Crippen LogP contribution in [-0.2, 0) is 20.7 Å². The van der Waals surface area contributed by atoms with E-state index in [1.165, 1.54) is 5.56 Å². The summed E-state index contributed by atoms with van der Waals surface area (Å²) in [4.78, 5) is 40.7. The third-order valence-corrected chi connectivity index (χ3v) is 5.36. The lowest BCUT2D eigenvalue weighted by Crippen LogP contribution is -2.53. The van der Waals surface area contributed by atoms with Gasteiger partial charge in [0.05, 0.1) is 19.2 Å². The van der Waals surface area contributed by atoms with Crippen molar-refractivity contribution in [3.8, 4) is 0 Å². The number of nitrogens with one attached hydrogen (secondary N) is 2. The van der Waals surface area contributed by atoms with E-state index in [-0.39, 0.29) is 31.0 Å². The second-order valence-electron chi connectivity index (χ2n) is 7.24. The van der Waals surface area contributed by atoms with Crippen LogP contribution in [0.15, 0.2) is 24.3 Å². The Morgan fingerprint density at radius 1 is 1.18 bits per heavy atom. The zero-order valence-electron chi connectivity index (χ0n) is 16.4. The zero-order valence-corrected chi connectivity index (χ0v) is 16.4. The number of benzene rings is 1. The first-order valence-electron chi connectivity index (χ1n) is 9.88. The van der Waals surface area contributed by atoms with Crippen LogP contribution in [0.2, 0.25) is 0 Å². The summed E-state index contributed by atoms with van der Waals surface area (Å²) in [6.07, 6.45) is 2.67. The largest absolute Gasteiger partial charge is 0.449 e. The van der Waals surface area contributed by atoms with Crippen molar-refractivity contribution in [1.29, 1.82) is 0 Å². The number of hydrogen-bond acceptors (Lipinski definition) is 5. The molecule has 1 aromatic carbocycles. The Balaban J connectivity index is 1.63. The van der Waals surface area contributed by atoms with E-state index in [4.69, 9.17) is 4.74 Å². The molecule has 3 amide bonds.